The third kappa shape index (κ3) is 1.64. The summed E-state index contributed by atoms with van der Waals surface area (Å²) in [5.41, 5.74) is 3.44. The standard InChI is InChI=1S/C10H12N2O/c1-7-2-3-9-8(4-7)5-12-10(13)6-11-9/h2-4,11H,5-6H2,1H3,(H,12,13). The van der Waals surface area contributed by atoms with Gasteiger partial charge in [-0.25, -0.2) is 0 Å². The zero-order valence-corrected chi connectivity index (χ0v) is 7.55. The van der Waals surface area contributed by atoms with E-state index in [1.54, 1.807) is 0 Å². The van der Waals surface area contributed by atoms with Gasteiger partial charge in [-0.15, -0.1) is 0 Å². The number of carbonyl (C=O) groups is 1. The summed E-state index contributed by atoms with van der Waals surface area (Å²) in [7, 11) is 0. The summed E-state index contributed by atoms with van der Waals surface area (Å²) >= 11 is 0. The summed E-state index contributed by atoms with van der Waals surface area (Å²) in [4.78, 5) is 11.1. The highest BCUT2D eigenvalue weighted by atomic mass is 16.1. The van der Waals surface area contributed by atoms with Crippen LogP contribution in [0.15, 0.2) is 18.2 Å². The fraction of sp³-hybridized carbons (Fsp3) is 0.300. The number of carbonyl (C=O) groups excluding carboxylic acids is 1. The van der Waals surface area contributed by atoms with Crippen molar-refractivity contribution in [1.82, 2.24) is 5.32 Å². The van der Waals surface area contributed by atoms with Crippen molar-refractivity contribution < 1.29 is 4.79 Å². The van der Waals surface area contributed by atoms with Gasteiger partial charge in [-0.2, -0.15) is 0 Å². The number of hydrogen-bond acceptors (Lipinski definition) is 2. The average Bonchev–Trinajstić information content (AvgIpc) is 2.29. The highest BCUT2D eigenvalue weighted by Crippen LogP contribution is 2.18. The van der Waals surface area contributed by atoms with Gasteiger partial charge in [0.05, 0.1) is 6.54 Å². The molecule has 0 unspecified atom stereocenters. The number of nitrogens with one attached hydrogen (secondary N) is 2. The van der Waals surface area contributed by atoms with Crippen molar-refractivity contribution >= 4 is 11.6 Å². The van der Waals surface area contributed by atoms with Crippen LogP contribution >= 0.6 is 0 Å². The predicted molar refractivity (Wildman–Crippen MR) is 51.5 cm³/mol. The smallest absolute Gasteiger partial charge is 0.239 e. The van der Waals surface area contributed by atoms with E-state index in [-0.39, 0.29) is 5.91 Å². The molecule has 0 bridgehead atoms. The van der Waals surface area contributed by atoms with Crippen molar-refractivity contribution in [3.8, 4) is 0 Å². The van der Waals surface area contributed by atoms with E-state index in [0.717, 1.165) is 11.3 Å². The zero-order valence-electron chi connectivity index (χ0n) is 7.55. The molecule has 1 heterocycles. The monoisotopic (exact) mass is 176 g/mol. The molecule has 0 radical (unpaired) electrons. The summed E-state index contributed by atoms with van der Waals surface area (Å²) in [5, 5.41) is 5.92. The van der Waals surface area contributed by atoms with Crippen LogP contribution in [0.5, 0.6) is 0 Å². The Morgan fingerprint density at radius 1 is 1.23 bits per heavy atom. The van der Waals surface area contributed by atoms with Gasteiger partial charge in [0.25, 0.3) is 0 Å². The number of aryl methyl sites for hydroxylation is 1. The van der Waals surface area contributed by atoms with Crippen molar-refractivity contribution in [1.29, 1.82) is 0 Å². The Bertz CT molecular complexity index is 347. The lowest BCUT2D eigenvalue weighted by molar-refractivity contribution is -0.119. The van der Waals surface area contributed by atoms with E-state index in [1.807, 2.05) is 19.1 Å². The number of hydrogen-bond donors (Lipinski definition) is 2. The normalized spacial score (nSPS) is 15.3. The average molecular weight is 176 g/mol. The Morgan fingerprint density at radius 2 is 2.08 bits per heavy atom. The second-order valence-electron chi connectivity index (χ2n) is 3.29. The van der Waals surface area contributed by atoms with Gasteiger partial charge >= 0.3 is 0 Å². The molecule has 0 fully saturated rings. The van der Waals surface area contributed by atoms with E-state index in [0.29, 0.717) is 13.1 Å². The second kappa shape index (κ2) is 3.09. The van der Waals surface area contributed by atoms with Crippen molar-refractivity contribution in [2.75, 3.05) is 11.9 Å². The van der Waals surface area contributed by atoms with Crippen molar-refractivity contribution in [3.05, 3.63) is 29.3 Å². The molecule has 13 heavy (non-hydrogen) atoms. The third-order valence-corrected chi connectivity index (χ3v) is 2.18. The number of amides is 1. The molecule has 1 aliphatic heterocycles. The molecule has 3 nitrogen and oxygen atoms in total. The van der Waals surface area contributed by atoms with Crippen LogP contribution in [-0.4, -0.2) is 12.5 Å². The molecule has 1 aliphatic rings. The summed E-state index contributed by atoms with van der Waals surface area (Å²) in [6.45, 7) is 3.05. The van der Waals surface area contributed by atoms with Crippen LogP contribution in [0.1, 0.15) is 11.1 Å². The first kappa shape index (κ1) is 8.10. The lowest BCUT2D eigenvalue weighted by Crippen LogP contribution is -2.25. The van der Waals surface area contributed by atoms with E-state index < -0.39 is 0 Å². The minimum atomic E-state index is 0.0499. The SMILES string of the molecule is Cc1ccc2c(c1)CNC(=O)CN2. The molecule has 2 N–H and O–H groups in total. The lowest BCUT2D eigenvalue weighted by atomic mass is 10.1. The molecule has 1 amide bonds. The molecule has 1 aromatic carbocycles. The Labute approximate surface area is 77.1 Å². The van der Waals surface area contributed by atoms with Gasteiger partial charge in [0.2, 0.25) is 5.91 Å². The topological polar surface area (TPSA) is 41.1 Å². The largest absolute Gasteiger partial charge is 0.376 e. The summed E-state index contributed by atoms with van der Waals surface area (Å²) in [6, 6.07) is 6.15. The van der Waals surface area contributed by atoms with E-state index in [9.17, 15) is 4.79 Å². The number of anilines is 1. The highest BCUT2D eigenvalue weighted by molar-refractivity contribution is 5.82. The van der Waals surface area contributed by atoms with Crippen molar-refractivity contribution in [2.24, 2.45) is 0 Å². The molecule has 68 valence electrons. The number of benzene rings is 1. The third-order valence-electron chi connectivity index (χ3n) is 2.18. The first-order valence-corrected chi connectivity index (χ1v) is 4.36. The van der Waals surface area contributed by atoms with Crippen LogP contribution in [0, 0.1) is 6.92 Å². The molecule has 0 atom stereocenters. The van der Waals surface area contributed by atoms with E-state index in [1.165, 1.54) is 5.56 Å². The Kier molecular flexibility index (Phi) is 1.93. The van der Waals surface area contributed by atoms with Crippen LogP contribution in [0.2, 0.25) is 0 Å². The Balaban J connectivity index is 2.35. The summed E-state index contributed by atoms with van der Waals surface area (Å²) in [5.74, 6) is 0.0499. The van der Waals surface area contributed by atoms with E-state index in [2.05, 4.69) is 16.7 Å². The van der Waals surface area contributed by atoms with E-state index >= 15 is 0 Å². The Hall–Kier alpha value is -1.51. The maximum Gasteiger partial charge on any atom is 0.239 e. The molecule has 3 heteroatoms. The van der Waals surface area contributed by atoms with Gasteiger partial charge in [0, 0.05) is 12.2 Å². The number of rotatable bonds is 0. The van der Waals surface area contributed by atoms with Gasteiger partial charge in [-0.1, -0.05) is 17.7 Å². The molecular formula is C10H12N2O. The molecule has 2 rings (SSSR count). The maximum atomic E-state index is 11.1. The zero-order chi connectivity index (χ0) is 9.26. The van der Waals surface area contributed by atoms with Gasteiger partial charge < -0.3 is 10.6 Å². The maximum absolute atomic E-state index is 11.1. The van der Waals surface area contributed by atoms with Crippen LogP contribution in [0.4, 0.5) is 5.69 Å². The van der Waals surface area contributed by atoms with Crippen molar-refractivity contribution in [2.45, 2.75) is 13.5 Å². The van der Waals surface area contributed by atoms with Gasteiger partial charge in [0.1, 0.15) is 0 Å². The van der Waals surface area contributed by atoms with Crippen LogP contribution in [-0.2, 0) is 11.3 Å². The predicted octanol–water partition coefficient (Wildman–Crippen LogP) is 1.04. The van der Waals surface area contributed by atoms with Crippen LogP contribution in [0.3, 0.4) is 0 Å². The first-order valence-electron chi connectivity index (χ1n) is 4.36. The fourth-order valence-electron chi connectivity index (χ4n) is 1.47. The van der Waals surface area contributed by atoms with Crippen LogP contribution in [0.25, 0.3) is 0 Å². The molecule has 0 spiro atoms. The van der Waals surface area contributed by atoms with E-state index in [4.69, 9.17) is 0 Å². The van der Waals surface area contributed by atoms with Crippen LogP contribution < -0.4 is 10.6 Å². The first-order chi connectivity index (χ1) is 6.25. The summed E-state index contributed by atoms with van der Waals surface area (Å²) < 4.78 is 0. The highest BCUT2D eigenvalue weighted by Gasteiger charge is 2.10. The van der Waals surface area contributed by atoms with Gasteiger partial charge in [-0.05, 0) is 18.6 Å². The molecule has 0 saturated heterocycles. The lowest BCUT2D eigenvalue weighted by Gasteiger charge is -2.06. The fourth-order valence-corrected chi connectivity index (χ4v) is 1.47. The van der Waals surface area contributed by atoms with Crippen molar-refractivity contribution in [3.63, 3.8) is 0 Å². The molecule has 1 aromatic rings. The summed E-state index contributed by atoms with van der Waals surface area (Å²) in [6.07, 6.45) is 0. The minimum absolute atomic E-state index is 0.0499. The number of fused-ring (bicyclic) bond motifs is 1. The molecule has 0 aliphatic carbocycles. The van der Waals surface area contributed by atoms with Gasteiger partial charge in [0.15, 0.2) is 0 Å². The molecule has 0 saturated carbocycles. The van der Waals surface area contributed by atoms with Gasteiger partial charge in [-0.3, -0.25) is 4.79 Å². The Morgan fingerprint density at radius 3 is 2.92 bits per heavy atom. The quantitative estimate of drug-likeness (QED) is 0.620. The molecule has 0 aromatic heterocycles. The molecular weight excluding hydrogens is 164 g/mol. The minimum Gasteiger partial charge on any atom is -0.376 e. The second-order valence-corrected chi connectivity index (χ2v) is 3.29.